The van der Waals surface area contributed by atoms with Crippen LogP contribution in [0.5, 0.6) is 0 Å². The van der Waals surface area contributed by atoms with Crippen LogP contribution < -0.4 is 5.32 Å². The minimum Gasteiger partial charge on any atom is -0.307 e. The number of hydrogen-bond donors (Lipinski definition) is 1. The van der Waals surface area contributed by atoms with Crippen molar-refractivity contribution in [1.82, 2.24) is 10.2 Å². The Hall–Kier alpha value is -0.450. The highest BCUT2D eigenvalue weighted by Gasteiger charge is 2.20. The van der Waals surface area contributed by atoms with Crippen molar-refractivity contribution in [2.75, 3.05) is 19.6 Å². The molecule has 0 radical (unpaired) electrons. The molecule has 1 aliphatic rings. The maximum atomic E-state index is 13.3. The van der Waals surface area contributed by atoms with Crippen LogP contribution in [0.2, 0.25) is 0 Å². The number of rotatable bonds is 5. The van der Waals surface area contributed by atoms with Crippen molar-refractivity contribution >= 4 is 15.9 Å². The van der Waals surface area contributed by atoms with Crippen LogP contribution in [0.3, 0.4) is 0 Å². The third kappa shape index (κ3) is 4.27. The lowest BCUT2D eigenvalue weighted by Gasteiger charge is -2.33. The lowest BCUT2D eigenvalue weighted by atomic mass is 10.0. The van der Waals surface area contributed by atoms with Crippen molar-refractivity contribution in [3.8, 4) is 0 Å². The maximum absolute atomic E-state index is 13.3. The van der Waals surface area contributed by atoms with E-state index in [-0.39, 0.29) is 11.9 Å². The van der Waals surface area contributed by atoms with Crippen molar-refractivity contribution in [3.05, 3.63) is 34.1 Å². The van der Waals surface area contributed by atoms with Gasteiger partial charge in [0, 0.05) is 12.1 Å². The molecule has 2 nitrogen and oxygen atoms in total. The third-order valence-corrected chi connectivity index (χ3v) is 4.66. The number of likely N-dealkylation sites (tertiary alicyclic amines) is 1. The average Bonchev–Trinajstić information content (AvgIpc) is 2.44. The lowest BCUT2D eigenvalue weighted by Crippen LogP contribution is -2.43. The SMILES string of the molecule is CCCN1CCC(NC(C)c2ccc(F)c(Br)c2)CC1. The number of benzene rings is 1. The summed E-state index contributed by atoms with van der Waals surface area (Å²) in [6, 6.07) is 6.10. The first kappa shape index (κ1) is 15.9. The minimum absolute atomic E-state index is 0.200. The molecule has 1 aliphatic heterocycles. The largest absolute Gasteiger partial charge is 0.307 e. The highest BCUT2D eigenvalue weighted by Crippen LogP contribution is 2.22. The van der Waals surface area contributed by atoms with E-state index >= 15 is 0 Å². The Kier molecular flexibility index (Phi) is 6.00. The van der Waals surface area contributed by atoms with E-state index in [0.29, 0.717) is 10.5 Å². The van der Waals surface area contributed by atoms with E-state index in [1.807, 2.05) is 12.1 Å². The van der Waals surface area contributed by atoms with Gasteiger partial charge in [-0.2, -0.15) is 0 Å². The molecule has 1 atom stereocenters. The molecule has 2 rings (SSSR count). The van der Waals surface area contributed by atoms with Gasteiger partial charge in [0.25, 0.3) is 0 Å². The second kappa shape index (κ2) is 7.53. The molecule has 1 heterocycles. The topological polar surface area (TPSA) is 15.3 Å². The van der Waals surface area contributed by atoms with Gasteiger partial charge in [0.15, 0.2) is 0 Å². The molecule has 1 unspecified atom stereocenters. The van der Waals surface area contributed by atoms with E-state index in [4.69, 9.17) is 0 Å². The summed E-state index contributed by atoms with van der Waals surface area (Å²) in [6.45, 7) is 7.97. The van der Waals surface area contributed by atoms with Crippen LogP contribution in [0.1, 0.15) is 44.7 Å². The zero-order valence-electron chi connectivity index (χ0n) is 12.3. The van der Waals surface area contributed by atoms with Crippen molar-refractivity contribution in [2.24, 2.45) is 0 Å². The summed E-state index contributed by atoms with van der Waals surface area (Å²) in [5.41, 5.74) is 1.13. The van der Waals surface area contributed by atoms with Crippen LogP contribution >= 0.6 is 15.9 Å². The number of halogens is 2. The number of nitrogens with one attached hydrogen (secondary N) is 1. The number of piperidine rings is 1. The van der Waals surface area contributed by atoms with Gasteiger partial charge in [-0.1, -0.05) is 13.0 Å². The number of nitrogens with zero attached hydrogens (tertiary/aromatic N) is 1. The molecule has 1 N–H and O–H groups in total. The Morgan fingerprint density at radius 3 is 2.70 bits per heavy atom. The van der Waals surface area contributed by atoms with Crippen LogP contribution in [-0.4, -0.2) is 30.6 Å². The zero-order valence-corrected chi connectivity index (χ0v) is 13.9. The summed E-state index contributed by atoms with van der Waals surface area (Å²) >= 11 is 3.26. The summed E-state index contributed by atoms with van der Waals surface area (Å²) in [5.74, 6) is -0.200. The van der Waals surface area contributed by atoms with Crippen LogP contribution in [0.4, 0.5) is 4.39 Å². The van der Waals surface area contributed by atoms with E-state index in [1.165, 1.54) is 45.0 Å². The standard InChI is InChI=1S/C16H24BrFN2/c1-3-8-20-9-6-14(7-10-20)19-12(2)13-4-5-16(18)15(17)11-13/h4-5,11-12,14,19H,3,6-10H2,1-2H3. The molecule has 0 aliphatic carbocycles. The molecule has 0 aromatic heterocycles. The quantitative estimate of drug-likeness (QED) is 0.865. The summed E-state index contributed by atoms with van der Waals surface area (Å²) in [5, 5.41) is 3.67. The fraction of sp³-hybridized carbons (Fsp3) is 0.625. The van der Waals surface area contributed by atoms with Gasteiger partial charge < -0.3 is 10.2 Å². The molecule has 0 spiro atoms. The monoisotopic (exact) mass is 342 g/mol. The van der Waals surface area contributed by atoms with E-state index in [0.717, 1.165) is 5.56 Å². The lowest BCUT2D eigenvalue weighted by molar-refractivity contribution is 0.192. The molecule has 1 fully saturated rings. The molecule has 0 saturated carbocycles. The fourth-order valence-electron chi connectivity index (χ4n) is 2.87. The summed E-state index contributed by atoms with van der Waals surface area (Å²) < 4.78 is 13.8. The Labute approximate surface area is 129 Å². The average molecular weight is 343 g/mol. The first-order valence-corrected chi connectivity index (χ1v) is 8.32. The predicted octanol–water partition coefficient (Wildman–Crippen LogP) is 4.11. The molecule has 1 saturated heterocycles. The highest BCUT2D eigenvalue weighted by atomic mass is 79.9. The molecule has 20 heavy (non-hydrogen) atoms. The molecular formula is C16H24BrFN2. The third-order valence-electron chi connectivity index (χ3n) is 4.06. The predicted molar refractivity (Wildman–Crippen MR) is 85.4 cm³/mol. The highest BCUT2D eigenvalue weighted by molar-refractivity contribution is 9.10. The second-order valence-corrected chi connectivity index (χ2v) is 6.53. The fourth-order valence-corrected chi connectivity index (χ4v) is 3.27. The first-order valence-electron chi connectivity index (χ1n) is 7.53. The van der Waals surface area contributed by atoms with E-state index in [2.05, 4.69) is 40.0 Å². The molecule has 0 bridgehead atoms. The van der Waals surface area contributed by atoms with Crippen LogP contribution in [0.15, 0.2) is 22.7 Å². The molecule has 4 heteroatoms. The first-order chi connectivity index (χ1) is 9.60. The normalized spacial score (nSPS) is 19.2. The van der Waals surface area contributed by atoms with Crippen molar-refractivity contribution in [2.45, 2.75) is 45.2 Å². The van der Waals surface area contributed by atoms with E-state index < -0.39 is 0 Å². The van der Waals surface area contributed by atoms with Crippen molar-refractivity contribution in [3.63, 3.8) is 0 Å². The van der Waals surface area contributed by atoms with Gasteiger partial charge in [-0.3, -0.25) is 0 Å². The van der Waals surface area contributed by atoms with Gasteiger partial charge >= 0.3 is 0 Å². The Bertz CT molecular complexity index is 430. The summed E-state index contributed by atoms with van der Waals surface area (Å²) in [7, 11) is 0. The zero-order chi connectivity index (χ0) is 14.5. The summed E-state index contributed by atoms with van der Waals surface area (Å²) in [4.78, 5) is 2.54. The molecule has 112 valence electrons. The van der Waals surface area contributed by atoms with E-state index in [1.54, 1.807) is 0 Å². The molecular weight excluding hydrogens is 319 g/mol. The van der Waals surface area contributed by atoms with E-state index in [9.17, 15) is 4.39 Å². The van der Waals surface area contributed by atoms with Gasteiger partial charge in [0.1, 0.15) is 5.82 Å². The smallest absolute Gasteiger partial charge is 0.137 e. The maximum Gasteiger partial charge on any atom is 0.137 e. The van der Waals surface area contributed by atoms with Crippen LogP contribution in [0.25, 0.3) is 0 Å². The van der Waals surface area contributed by atoms with Crippen LogP contribution in [-0.2, 0) is 0 Å². The minimum atomic E-state index is -0.200. The van der Waals surface area contributed by atoms with Gasteiger partial charge in [-0.05, 0) is 79.4 Å². The van der Waals surface area contributed by atoms with Gasteiger partial charge in [-0.15, -0.1) is 0 Å². The van der Waals surface area contributed by atoms with Gasteiger partial charge in [0.05, 0.1) is 4.47 Å². The second-order valence-electron chi connectivity index (χ2n) is 5.68. The Morgan fingerprint density at radius 2 is 2.10 bits per heavy atom. The van der Waals surface area contributed by atoms with Crippen LogP contribution in [0, 0.1) is 5.82 Å². The Balaban J connectivity index is 1.85. The Morgan fingerprint density at radius 1 is 1.40 bits per heavy atom. The van der Waals surface area contributed by atoms with Gasteiger partial charge in [0.2, 0.25) is 0 Å². The van der Waals surface area contributed by atoms with Crippen molar-refractivity contribution in [1.29, 1.82) is 0 Å². The summed E-state index contributed by atoms with van der Waals surface area (Å²) in [6.07, 6.45) is 3.64. The van der Waals surface area contributed by atoms with Gasteiger partial charge in [-0.25, -0.2) is 4.39 Å². The molecule has 1 aromatic rings. The molecule has 0 amide bonds. The number of hydrogen-bond acceptors (Lipinski definition) is 2. The van der Waals surface area contributed by atoms with Crippen molar-refractivity contribution < 1.29 is 4.39 Å². The molecule has 1 aromatic carbocycles.